The standard InChI is InChI=1S/C37H42Cl3N5O5Si/c1-22-17-19-25(20-18-22)32(47)50-29-23(2)45-34(43-33(48)37(38,39)40)42-28(30-36(45,31(29)46)44-24(3)41-30)21-49-51(35(4,5)6,26-13-9-7-10-14-26)27-15-11-8-12-16-27/h7-20,23,28-31,41,44,46H,3,21H2,1-2,4-6H3,(H,42,43,48)/t23-,28-,29?,30-,31-,36?/m0/s1. The Morgan fingerprint density at radius 3 is 2.10 bits per heavy atom. The Morgan fingerprint density at radius 2 is 1.57 bits per heavy atom. The summed E-state index contributed by atoms with van der Waals surface area (Å²) in [6.45, 7) is 14.4. The van der Waals surface area contributed by atoms with E-state index in [-0.39, 0.29) is 17.6 Å². The molecule has 51 heavy (non-hydrogen) atoms. The maximum absolute atomic E-state index is 13.4. The number of carbonyl (C=O) groups is 2. The van der Waals surface area contributed by atoms with Crippen LogP contribution in [0.15, 0.2) is 102 Å². The minimum absolute atomic E-state index is 0.0167. The number of esters is 1. The fourth-order valence-corrected chi connectivity index (χ4v) is 12.4. The maximum atomic E-state index is 13.4. The zero-order valence-electron chi connectivity index (χ0n) is 29.0. The molecule has 0 saturated carbocycles. The highest BCUT2D eigenvalue weighted by atomic mass is 35.6. The normalized spacial score (nSPS) is 26.0. The Labute approximate surface area is 314 Å². The second-order valence-corrected chi connectivity index (χ2v) is 20.9. The molecule has 1 amide bonds. The maximum Gasteiger partial charge on any atom is 0.338 e. The first kappa shape index (κ1) is 37.2. The van der Waals surface area contributed by atoms with Crippen molar-refractivity contribution >= 4 is 71.3 Å². The van der Waals surface area contributed by atoms with Crippen LogP contribution in [0.4, 0.5) is 0 Å². The van der Waals surface area contributed by atoms with Gasteiger partial charge in [-0.2, -0.15) is 0 Å². The second kappa shape index (κ2) is 13.8. The summed E-state index contributed by atoms with van der Waals surface area (Å²) < 4.78 is 11.0. The summed E-state index contributed by atoms with van der Waals surface area (Å²) >= 11 is 18.1. The van der Waals surface area contributed by atoms with E-state index in [2.05, 4.69) is 67.6 Å². The molecular weight excluding hydrogens is 729 g/mol. The molecule has 3 aromatic carbocycles. The van der Waals surface area contributed by atoms with Crippen LogP contribution < -0.4 is 26.3 Å². The molecule has 2 unspecified atom stereocenters. The summed E-state index contributed by atoms with van der Waals surface area (Å²) in [6.07, 6.45) is -2.42. The third-order valence-electron chi connectivity index (χ3n) is 10.0. The molecule has 2 fully saturated rings. The number of halogens is 3. The molecule has 270 valence electrons. The average Bonchev–Trinajstić information content (AvgIpc) is 3.53. The summed E-state index contributed by atoms with van der Waals surface area (Å²) in [5.41, 5.74) is -0.0984. The van der Waals surface area contributed by atoms with Gasteiger partial charge in [-0.3, -0.25) is 10.1 Å². The van der Waals surface area contributed by atoms with Crippen molar-refractivity contribution in [3.05, 3.63) is 108 Å². The van der Waals surface area contributed by atoms with E-state index in [1.165, 1.54) is 0 Å². The molecule has 6 atom stereocenters. The van der Waals surface area contributed by atoms with Crippen LogP contribution in [0.25, 0.3) is 0 Å². The van der Waals surface area contributed by atoms with Crippen molar-refractivity contribution in [1.82, 2.24) is 20.9 Å². The Bertz CT molecular complexity index is 1780. The van der Waals surface area contributed by atoms with Crippen LogP contribution in [0.2, 0.25) is 5.04 Å². The van der Waals surface area contributed by atoms with Gasteiger partial charge in [0.05, 0.1) is 30.1 Å². The van der Waals surface area contributed by atoms with Gasteiger partial charge < -0.3 is 29.8 Å². The van der Waals surface area contributed by atoms with Gasteiger partial charge in [0.1, 0.15) is 12.1 Å². The van der Waals surface area contributed by atoms with Gasteiger partial charge in [-0.15, -0.1) is 0 Å². The molecule has 3 aliphatic heterocycles. The lowest BCUT2D eigenvalue weighted by molar-refractivity contribution is -0.119. The second-order valence-electron chi connectivity index (χ2n) is 14.3. The summed E-state index contributed by atoms with van der Waals surface area (Å²) in [4.78, 5) is 33.3. The third-order valence-corrected chi connectivity index (χ3v) is 15.5. The zero-order valence-corrected chi connectivity index (χ0v) is 32.3. The van der Waals surface area contributed by atoms with Gasteiger partial charge in [0, 0.05) is 0 Å². The highest BCUT2D eigenvalue weighted by Gasteiger charge is 2.70. The van der Waals surface area contributed by atoms with Crippen molar-refractivity contribution in [3.8, 4) is 0 Å². The molecule has 3 heterocycles. The predicted molar refractivity (Wildman–Crippen MR) is 203 cm³/mol. The van der Waals surface area contributed by atoms with Crippen molar-refractivity contribution in [2.75, 3.05) is 6.61 Å². The van der Waals surface area contributed by atoms with Crippen LogP contribution in [0, 0.1) is 6.92 Å². The number of ether oxygens (including phenoxy) is 1. The number of nitrogens with one attached hydrogen (secondary N) is 3. The summed E-state index contributed by atoms with van der Waals surface area (Å²) in [7, 11) is -3.06. The van der Waals surface area contributed by atoms with Crippen molar-refractivity contribution < 1.29 is 23.9 Å². The van der Waals surface area contributed by atoms with Gasteiger partial charge in [-0.1, -0.05) is 141 Å². The topological polar surface area (TPSA) is 125 Å². The number of guanidine groups is 1. The van der Waals surface area contributed by atoms with Crippen LogP contribution in [0.3, 0.4) is 0 Å². The highest BCUT2D eigenvalue weighted by Crippen LogP contribution is 2.45. The fraction of sp³-hybridized carbons (Fsp3) is 0.378. The van der Waals surface area contributed by atoms with Gasteiger partial charge in [0.25, 0.3) is 18.0 Å². The minimum atomic E-state index is -3.06. The highest BCUT2D eigenvalue weighted by molar-refractivity contribution is 6.99. The molecule has 4 N–H and O–H groups in total. The largest absolute Gasteiger partial charge is 0.454 e. The number of amides is 1. The van der Waals surface area contributed by atoms with E-state index >= 15 is 0 Å². The van der Waals surface area contributed by atoms with Crippen molar-refractivity contribution in [2.45, 2.75) is 79.4 Å². The number of alkyl halides is 3. The van der Waals surface area contributed by atoms with Crippen LogP contribution in [-0.4, -0.2) is 82.6 Å². The van der Waals surface area contributed by atoms with E-state index in [1.54, 1.807) is 24.0 Å². The lowest BCUT2D eigenvalue weighted by Gasteiger charge is -2.49. The Kier molecular flexibility index (Phi) is 10.0. The van der Waals surface area contributed by atoms with Crippen LogP contribution >= 0.6 is 34.8 Å². The smallest absolute Gasteiger partial charge is 0.338 e. The number of carbonyl (C=O) groups excluding carboxylic acids is 2. The molecule has 0 bridgehead atoms. The first-order chi connectivity index (χ1) is 24.0. The number of aliphatic hydroxyl groups is 1. The molecule has 3 aliphatic rings. The Hall–Kier alpha value is -3.58. The van der Waals surface area contributed by atoms with Gasteiger partial charge in [-0.05, 0) is 41.4 Å². The Morgan fingerprint density at radius 1 is 1.00 bits per heavy atom. The quantitative estimate of drug-likeness (QED) is 0.161. The summed E-state index contributed by atoms with van der Waals surface area (Å²) in [5, 5.41) is 23.5. The number of aliphatic imine (C=N–C) groups is 1. The van der Waals surface area contributed by atoms with E-state index in [0.29, 0.717) is 11.4 Å². The molecule has 0 aliphatic carbocycles. The third kappa shape index (κ3) is 6.53. The van der Waals surface area contributed by atoms with Crippen molar-refractivity contribution in [1.29, 1.82) is 0 Å². The molecule has 10 nitrogen and oxygen atoms in total. The van der Waals surface area contributed by atoms with E-state index in [4.69, 9.17) is 49.0 Å². The van der Waals surface area contributed by atoms with Gasteiger partial charge in [-0.25, -0.2) is 9.79 Å². The molecular formula is C37H42Cl3N5O5Si. The van der Waals surface area contributed by atoms with E-state index in [1.807, 2.05) is 55.5 Å². The minimum Gasteiger partial charge on any atom is -0.454 e. The molecule has 0 radical (unpaired) electrons. The molecule has 6 rings (SSSR count). The van der Waals surface area contributed by atoms with Crippen LogP contribution in [-0.2, 0) is 14.0 Å². The van der Waals surface area contributed by atoms with Gasteiger partial charge in [0.2, 0.25) is 5.96 Å². The zero-order chi connectivity index (χ0) is 36.9. The summed E-state index contributed by atoms with van der Waals surface area (Å²) in [6, 6.07) is 25.2. The monoisotopic (exact) mass is 769 g/mol. The Balaban J connectivity index is 1.44. The number of hydrogen-bond donors (Lipinski definition) is 4. The lowest BCUT2D eigenvalue weighted by atomic mass is 9.88. The number of nitrogens with zero attached hydrogens (tertiary/aromatic N) is 2. The van der Waals surface area contributed by atoms with Crippen LogP contribution in [0.5, 0.6) is 0 Å². The molecule has 0 aromatic heterocycles. The van der Waals surface area contributed by atoms with Gasteiger partial charge in [0.15, 0.2) is 11.8 Å². The lowest BCUT2D eigenvalue weighted by Crippen LogP contribution is -2.75. The SMILES string of the molecule is C=C1N[C@H]2[C@H](CO[Si](c3ccccc3)(c3ccccc3)C(C)(C)C)N=C(NC(=O)C(Cl)(Cl)Cl)N3[C@@H](C)C(OC(=O)c4ccc(C)cc4)[C@H](O)C23N1. The molecule has 1 spiro atoms. The van der Waals surface area contributed by atoms with Gasteiger partial charge >= 0.3 is 5.97 Å². The van der Waals surface area contributed by atoms with Crippen LogP contribution in [0.1, 0.15) is 43.6 Å². The number of aliphatic hydroxyl groups excluding tert-OH is 1. The fourth-order valence-electron chi connectivity index (χ4n) is 7.73. The number of benzene rings is 3. The van der Waals surface area contributed by atoms with Crippen molar-refractivity contribution in [2.24, 2.45) is 4.99 Å². The molecule has 2 saturated heterocycles. The number of rotatable bonds is 7. The van der Waals surface area contributed by atoms with E-state index in [0.717, 1.165) is 15.9 Å². The number of hydrogen-bond acceptors (Lipinski definition) is 9. The summed E-state index contributed by atoms with van der Waals surface area (Å²) in [5.74, 6) is -1.14. The predicted octanol–water partition coefficient (Wildman–Crippen LogP) is 4.12. The van der Waals surface area contributed by atoms with Crippen molar-refractivity contribution in [3.63, 3.8) is 0 Å². The average molecular weight is 771 g/mol. The molecule has 3 aromatic rings. The van der Waals surface area contributed by atoms with E-state index in [9.17, 15) is 14.7 Å². The number of aryl methyl sites for hydroxylation is 1. The molecule has 14 heteroatoms. The first-order valence-corrected chi connectivity index (χ1v) is 19.7. The first-order valence-electron chi connectivity index (χ1n) is 16.7. The van der Waals surface area contributed by atoms with E-state index < -0.39 is 60.0 Å².